The first-order chi connectivity index (χ1) is 14.9. The van der Waals surface area contributed by atoms with Crippen LogP contribution in [0.25, 0.3) is 6.08 Å². The van der Waals surface area contributed by atoms with Gasteiger partial charge in [0.1, 0.15) is 28.9 Å². The summed E-state index contributed by atoms with van der Waals surface area (Å²) >= 11 is 0. The molecule has 0 amide bonds. The van der Waals surface area contributed by atoms with E-state index in [9.17, 15) is 19.8 Å². The maximum absolute atomic E-state index is 13.1. The molecule has 160 valence electrons. The molecule has 2 aromatic rings. The van der Waals surface area contributed by atoms with E-state index >= 15 is 0 Å². The fourth-order valence-corrected chi connectivity index (χ4v) is 3.49. The Morgan fingerprint density at radius 2 is 1.81 bits per heavy atom. The second kappa shape index (κ2) is 10.4. The lowest BCUT2D eigenvalue weighted by Gasteiger charge is -2.19. The highest BCUT2D eigenvalue weighted by atomic mass is 16.5. The third kappa shape index (κ3) is 6.19. The van der Waals surface area contributed by atoms with Gasteiger partial charge in [0, 0.05) is 18.9 Å². The number of carbonyl (C=O) groups is 2. The molecule has 0 radical (unpaired) electrons. The Labute approximate surface area is 182 Å². The third-order valence-electron chi connectivity index (χ3n) is 4.90. The molecule has 0 aromatic heterocycles. The van der Waals surface area contributed by atoms with Crippen molar-refractivity contribution in [1.82, 2.24) is 0 Å². The Bertz CT molecular complexity index is 1030. The van der Waals surface area contributed by atoms with Gasteiger partial charge in [0.25, 0.3) is 0 Å². The molecule has 0 saturated heterocycles. The fraction of sp³-hybridized carbons (Fsp3) is 0.231. The molecule has 2 N–H and O–H groups in total. The molecule has 0 unspecified atom stereocenters. The summed E-state index contributed by atoms with van der Waals surface area (Å²) in [6, 6.07) is 11.9. The summed E-state index contributed by atoms with van der Waals surface area (Å²) in [4.78, 5) is 24.8. The summed E-state index contributed by atoms with van der Waals surface area (Å²) in [5.41, 5.74) is 1.77. The van der Waals surface area contributed by atoms with Crippen LogP contribution < -0.4 is 0 Å². The van der Waals surface area contributed by atoms with Gasteiger partial charge in [-0.3, -0.25) is 4.79 Å². The summed E-state index contributed by atoms with van der Waals surface area (Å²) in [6.45, 7) is 1.49. The van der Waals surface area contributed by atoms with Gasteiger partial charge in [-0.2, -0.15) is 0 Å². The first-order valence-corrected chi connectivity index (χ1v) is 10.3. The van der Waals surface area contributed by atoms with Gasteiger partial charge in [0.15, 0.2) is 0 Å². The average molecular weight is 418 g/mol. The lowest BCUT2D eigenvalue weighted by atomic mass is 9.99. The molecule has 3 rings (SSSR count). The Kier molecular flexibility index (Phi) is 7.44. The van der Waals surface area contributed by atoms with Crippen LogP contribution in [0, 0.1) is 0 Å². The molecule has 1 heterocycles. The van der Waals surface area contributed by atoms with Crippen LogP contribution in [0.1, 0.15) is 60.2 Å². The number of aromatic hydroxyl groups is 2. The molecule has 5 nitrogen and oxygen atoms in total. The van der Waals surface area contributed by atoms with E-state index in [2.05, 4.69) is 0 Å². The highest BCUT2D eigenvalue weighted by Gasteiger charge is 2.23. The molecule has 0 saturated carbocycles. The number of hydrogen-bond donors (Lipinski definition) is 2. The van der Waals surface area contributed by atoms with Gasteiger partial charge in [-0.05, 0) is 42.5 Å². The Morgan fingerprint density at radius 3 is 2.55 bits per heavy atom. The van der Waals surface area contributed by atoms with Gasteiger partial charge in [-0.1, -0.05) is 60.7 Å². The SMILES string of the molecule is CC(=O)CC1=Cc2cc(O)cc(O)c2C(=O)O[C@@H](c2ccccc2)C/C=C/CCC=C1. The lowest BCUT2D eigenvalue weighted by Crippen LogP contribution is -2.13. The number of benzene rings is 2. The fourth-order valence-electron chi connectivity index (χ4n) is 3.49. The van der Waals surface area contributed by atoms with Crippen molar-refractivity contribution in [2.24, 2.45) is 0 Å². The number of phenols is 2. The normalized spacial score (nSPS) is 18.3. The minimum absolute atomic E-state index is 0.0328. The van der Waals surface area contributed by atoms with Crippen LogP contribution in [-0.4, -0.2) is 22.0 Å². The van der Waals surface area contributed by atoms with Crippen LogP contribution >= 0.6 is 0 Å². The van der Waals surface area contributed by atoms with E-state index in [-0.39, 0.29) is 29.3 Å². The summed E-state index contributed by atoms with van der Waals surface area (Å²) in [5, 5.41) is 20.4. The molecule has 0 bridgehead atoms. The lowest BCUT2D eigenvalue weighted by molar-refractivity contribution is -0.116. The third-order valence-corrected chi connectivity index (χ3v) is 4.90. The summed E-state index contributed by atoms with van der Waals surface area (Å²) in [5.74, 6) is -1.30. The van der Waals surface area contributed by atoms with E-state index in [0.717, 1.165) is 24.5 Å². The van der Waals surface area contributed by atoms with Crippen LogP contribution in [0.3, 0.4) is 0 Å². The van der Waals surface area contributed by atoms with Crippen molar-refractivity contribution in [3.05, 3.63) is 89.0 Å². The summed E-state index contributed by atoms with van der Waals surface area (Å²) in [6.07, 6.45) is 11.2. The number of allylic oxidation sites excluding steroid dienone is 4. The zero-order valence-corrected chi connectivity index (χ0v) is 17.5. The smallest absolute Gasteiger partial charge is 0.343 e. The van der Waals surface area contributed by atoms with Crippen LogP contribution in [0.5, 0.6) is 11.5 Å². The molecule has 1 aliphatic rings. The summed E-state index contributed by atoms with van der Waals surface area (Å²) in [7, 11) is 0. The second-order valence-corrected chi connectivity index (χ2v) is 7.52. The minimum atomic E-state index is -0.700. The van der Waals surface area contributed by atoms with E-state index in [1.165, 1.54) is 13.0 Å². The van der Waals surface area contributed by atoms with Gasteiger partial charge >= 0.3 is 5.97 Å². The first kappa shape index (κ1) is 22.1. The molecule has 2 aromatic carbocycles. The van der Waals surface area contributed by atoms with E-state index in [1.54, 1.807) is 6.08 Å². The maximum atomic E-state index is 13.1. The van der Waals surface area contributed by atoms with Crippen LogP contribution in [0.2, 0.25) is 0 Å². The standard InChI is InChI=1S/C26H26O5/c1-18(27)14-19-10-6-3-2-4-9-13-24(20-11-7-5-8-12-20)31-26(30)25-21(15-19)16-22(28)17-23(25)29/h4-12,15-17,24,28-29H,2-3,13-14H2,1H3/b9-4+,10-6?,19-15?/t24-/m1/s1. The van der Waals surface area contributed by atoms with Gasteiger partial charge in [0.05, 0.1) is 0 Å². The number of carbonyl (C=O) groups excluding carboxylic acids is 2. The van der Waals surface area contributed by atoms with Crippen molar-refractivity contribution in [2.45, 2.75) is 38.7 Å². The highest BCUT2D eigenvalue weighted by molar-refractivity contribution is 5.97. The summed E-state index contributed by atoms with van der Waals surface area (Å²) < 4.78 is 5.80. The number of ether oxygens (including phenoxy) is 1. The average Bonchev–Trinajstić information content (AvgIpc) is 2.71. The number of ketones is 1. The molecule has 0 aliphatic carbocycles. The molecule has 1 aliphatic heterocycles. The number of phenolic OH excluding ortho intramolecular Hbond substituents is 2. The van der Waals surface area contributed by atoms with Crippen molar-refractivity contribution >= 4 is 17.8 Å². The largest absolute Gasteiger partial charge is 0.508 e. The molecule has 31 heavy (non-hydrogen) atoms. The van der Waals surface area contributed by atoms with E-state index < -0.39 is 12.1 Å². The predicted molar refractivity (Wildman–Crippen MR) is 120 cm³/mol. The number of esters is 1. The number of Topliss-reactive ketones (excluding diaryl/α,β-unsaturated/α-hetero) is 1. The van der Waals surface area contributed by atoms with Gasteiger partial charge in [0.2, 0.25) is 0 Å². The van der Waals surface area contributed by atoms with Gasteiger partial charge in [-0.15, -0.1) is 0 Å². The molecule has 0 fully saturated rings. The zero-order chi connectivity index (χ0) is 22.2. The van der Waals surface area contributed by atoms with E-state index in [4.69, 9.17) is 4.74 Å². The van der Waals surface area contributed by atoms with Crippen LogP contribution in [0.15, 0.2) is 72.3 Å². The van der Waals surface area contributed by atoms with E-state index in [0.29, 0.717) is 17.6 Å². The Hall–Kier alpha value is -3.60. The van der Waals surface area contributed by atoms with E-state index in [1.807, 2.05) is 54.6 Å². The van der Waals surface area contributed by atoms with Crippen molar-refractivity contribution < 1.29 is 24.5 Å². The Morgan fingerprint density at radius 1 is 1.06 bits per heavy atom. The monoisotopic (exact) mass is 418 g/mol. The minimum Gasteiger partial charge on any atom is -0.508 e. The highest BCUT2D eigenvalue weighted by Crippen LogP contribution is 2.32. The van der Waals surface area contributed by atoms with Gasteiger partial charge < -0.3 is 14.9 Å². The zero-order valence-electron chi connectivity index (χ0n) is 17.5. The van der Waals surface area contributed by atoms with Crippen LogP contribution in [-0.2, 0) is 9.53 Å². The van der Waals surface area contributed by atoms with Gasteiger partial charge in [-0.25, -0.2) is 4.79 Å². The van der Waals surface area contributed by atoms with Crippen molar-refractivity contribution in [3.8, 4) is 11.5 Å². The topological polar surface area (TPSA) is 83.8 Å². The number of cyclic esters (lactones) is 1. The van der Waals surface area contributed by atoms with Crippen LogP contribution in [0.4, 0.5) is 0 Å². The second-order valence-electron chi connectivity index (χ2n) is 7.52. The molecule has 1 atom stereocenters. The quantitative estimate of drug-likeness (QED) is 0.497. The molecular formula is C26H26O5. The van der Waals surface area contributed by atoms with Crippen molar-refractivity contribution in [3.63, 3.8) is 0 Å². The molecule has 0 spiro atoms. The maximum Gasteiger partial charge on any atom is 0.343 e. The molecule has 5 heteroatoms. The first-order valence-electron chi connectivity index (χ1n) is 10.3. The number of rotatable bonds is 3. The van der Waals surface area contributed by atoms with Crippen molar-refractivity contribution in [2.75, 3.05) is 0 Å². The number of fused-ring (bicyclic) bond motifs is 1. The number of hydrogen-bond acceptors (Lipinski definition) is 5. The Balaban J connectivity index is 2.09. The molecular weight excluding hydrogens is 392 g/mol. The van der Waals surface area contributed by atoms with Crippen molar-refractivity contribution in [1.29, 1.82) is 0 Å². The predicted octanol–water partition coefficient (Wildman–Crippen LogP) is 5.65.